The summed E-state index contributed by atoms with van der Waals surface area (Å²) in [7, 11) is 1.56. The van der Waals surface area contributed by atoms with E-state index in [-0.39, 0.29) is 11.7 Å². The maximum Gasteiger partial charge on any atom is 0.173 e. The van der Waals surface area contributed by atoms with Gasteiger partial charge in [0, 0.05) is 28.3 Å². The van der Waals surface area contributed by atoms with Crippen LogP contribution in [-0.2, 0) is 12.2 Å². The Bertz CT molecular complexity index is 1420. The van der Waals surface area contributed by atoms with E-state index in [4.69, 9.17) is 32.9 Å². The van der Waals surface area contributed by atoms with Gasteiger partial charge in [-0.2, -0.15) is 0 Å². The lowest BCUT2D eigenvalue weighted by molar-refractivity contribution is 0.414. The molecule has 1 aromatic heterocycles. The lowest BCUT2D eigenvalue weighted by atomic mass is 9.84. The molecule has 5 rings (SSSR count). The number of thioether (sulfide) groups is 1. The Labute approximate surface area is 221 Å². The summed E-state index contributed by atoms with van der Waals surface area (Å²) in [5.74, 6) is -1.58. The number of nitrogens with zero attached hydrogens (tertiary/aromatic N) is 2. The van der Waals surface area contributed by atoms with Crippen LogP contribution in [0.4, 0.5) is 13.2 Å². The number of benzene rings is 3. The van der Waals surface area contributed by atoms with Crippen LogP contribution in [0.5, 0.6) is 5.75 Å². The Morgan fingerprint density at radius 2 is 1.83 bits per heavy atom. The van der Waals surface area contributed by atoms with Crippen LogP contribution in [-0.4, -0.2) is 16.7 Å². The monoisotopic (exact) mass is 548 g/mol. The minimum Gasteiger partial charge on any atom is -0.495 e. The highest BCUT2D eigenvalue weighted by Crippen LogP contribution is 2.43. The number of hydrogen-bond acceptors (Lipinski definition) is 3. The van der Waals surface area contributed by atoms with Gasteiger partial charge >= 0.3 is 0 Å². The maximum atomic E-state index is 14.4. The zero-order chi connectivity index (χ0) is 25.4. The molecule has 0 fully saturated rings. The molecule has 9 heteroatoms. The largest absolute Gasteiger partial charge is 0.495 e. The number of imidazole rings is 1. The highest BCUT2D eigenvalue weighted by Gasteiger charge is 2.31. The molecule has 0 radical (unpaired) electrons. The standard InChI is InChI=1S/C27H21Cl2F3N2OS/c1-35-25-12-15(8-10-20(25)29)17-4-2-7-24-26(17)34(16-9-11-22(31)23(32)13-16)27(33-24)36-14-18-19(28)5-3-6-21(18)30/h3,5-6,8-13,17H,2,4,7,14H2,1H3. The van der Waals surface area contributed by atoms with Gasteiger partial charge in [0.15, 0.2) is 16.8 Å². The van der Waals surface area contributed by atoms with Crippen molar-refractivity contribution in [3.05, 3.63) is 105 Å². The molecular formula is C27H21Cl2F3N2OS. The third kappa shape index (κ3) is 4.72. The van der Waals surface area contributed by atoms with Crippen molar-refractivity contribution in [2.75, 3.05) is 7.11 Å². The Morgan fingerprint density at radius 1 is 1.00 bits per heavy atom. The van der Waals surface area contributed by atoms with Gasteiger partial charge in [-0.25, -0.2) is 18.2 Å². The molecule has 186 valence electrons. The second-order valence-corrected chi connectivity index (χ2v) is 10.2. The average Bonchev–Trinajstić information content (AvgIpc) is 3.24. The fourth-order valence-electron chi connectivity index (χ4n) is 4.60. The van der Waals surface area contributed by atoms with Gasteiger partial charge in [-0.3, -0.25) is 4.57 Å². The van der Waals surface area contributed by atoms with Crippen LogP contribution < -0.4 is 4.74 Å². The summed E-state index contributed by atoms with van der Waals surface area (Å²) in [4.78, 5) is 4.88. The van der Waals surface area contributed by atoms with Crippen molar-refractivity contribution in [3.8, 4) is 11.4 Å². The predicted octanol–water partition coefficient (Wildman–Crippen LogP) is 8.37. The summed E-state index contributed by atoms with van der Waals surface area (Å²) in [5.41, 5.74) is 3.54. The van der Waals surface area contributed by atoms with Crippen molar-refractivity contribution >= 4 is 35.0 Å². The molecule has 3 nitrogen and oxygen atoms in total. The highest BCUT2D eigenvalue weighted by molar-refractivity contribution is 7.98. The van der Waals surface area contributed by atoms with Crippen molar-refractivity contribution in [2.45, 2.75) is 36.1 Å². The summed E-state index contributed by atoms with van der Waals surface area (Å²) in [6.07, 6.45) is 2.47. The summed E-state index contributed by atoms with van der Waals surface area (Å²) < 4.78 is 49.9. The molecule has 3 aromatic carbocycles. The summed E-state index contributed by atoms with van der Waals surface area (Å²) >= 11 is 13.8. The second kappa shape index (κ2) is 10.4. The Balaban J connectivity index is 1.64. The lowest BCUT2D eigenvalue weighted by Gasteiger charge is -2.26. The number of hydrogen-bond donors (Lipinski definition) is 0. The van der Waals surface area contributed by atoms with E-state index in [0.717, 1.165) is 48.3 Å². The number of ether oxygens (including phenoxy) is 1. The molecule has 0 saturated carbocycles. The number of methoxy groups -OCH3 is 1. The first-order chi connectivity index (χ1) is 17.4. The van der Waals surface area contributed by atoms with E-state index in [1.807, 2.05) is 16.7 Å². The van der Waals surface area contributed by atoms with E-state index in [2.05, 4.69) is 0 Å². The smallest absolute Gasteiger partial charge is 0.173 e. The van der Waals surface area contributed by atoms with Crippen LogP contribution in [0.25, 0.3) is 5.69 Å². The Morgan fingerprint density at radius 3 is 2.58 bits per heavy atom. The minimum absolute atomic E-state index is 0.0769. The van der Waals surface area contributed by atoms with Crippen molar-refractivity contribution < 1.29 is 17.9 Å². The zero-order valence-electron chi connectivity index (χ0n) is 19.2. The summed E-state index contributed by atoms with van der Waals surface area (Å²) in [5, 5.41) is 1.38. The molecule has 1 atom stereocenters. The van der Waals surface area contributed by atoms with Crippen LogP contribution >= 0.6 is 35.0 Å². The minimum atomic E-state index is -0.955. The third-order valence-corrected chi connectivity index (χ3v) is 7.97. The van der Waals surface area contributed by atoms with Crippen LogP contribution in [0.2, 0.25) is 10.0 Å². The van der Waals surface area contributed by atoms with E-state index in [1.54, 1.807) is 25.3 Å². The van der Waals surface area contributed by atoms with E-state index >= 15 is 0 Å². The summed E-state index contributed by atoms with van der Waals surface area (Å²) in [6.45, 7) is 0. The topological polar surface area (TPSA) is 27.1 Å². The van der Waals surface area contributed by atoms with Gasteiger partial charge < -0.3 is 4.74 Å². The quantitative estimate of drug-likeness (QED) is 0.226. The van der Waals surface area contributed by atoms with Gasteiger partial charge in [0.2, 0.25) is 0 Å². The SMILES string of the molecule is COc1cc(C2CCCc3nc(SCc4c(F)cccc4Cl)n(-c4ccc(F)c(F)c4)c32)ccc1Cl. The molecular weight excluding hydrogens is 528 g/mol. The van der Waals surface area contributed by atoms with E-state index in [0.29, 0.717) is 32.2 Å². The fourth-order valence-corrected chi connectivity index (χ4v) is 6.18. The molecule has 4 aromatic rings. The fraction of sp³-hybridized carbons (Fsp3) is 0.222. The van der Waals surface area contributed by atoms with E-state index < -0.39 is 17.5 Å². The van der Waals surface area contributed by atoms with Crippen LogP contribution in [0.3, 0.4) is 0 Å². The van der Waals surface area contributed by atoms with Gasteiger partial charge in [-0.1, -0.05) is 47.1 Å². The molecule has 0 bridgehead atoms. The molecule has 1 aliphatic carbocycles. The van der Waals surface area contributed by atoms with Crippen molar-refractivity contribution in [1.29, 1.82) is 0 Å². The average molecular weight is 549 g/mol. The first kappa shape index (κ1) is 25.1. The predicted molar refractivity (Wildman–Crippen MR) is 137 cm³/mol. The van der Waals surface area contributed by atoms with Gasteiger partial charge in [0.1, 0.15) is 11.6 Å². The molecule has 0 N–H and O–H groups in total. The van der Waals surface area contributed by atoms with Gasteiger partial charge in [0.25, 0.3) is 0 Å². The second-order valence-electron chi connectivity index (χ2n) is 8.49. The van der Waals surface area contributed by atoms with Crippen LogP contribution in [0.15, 0.2) is 59.8 Å². The Hall–Kier alpha value is -2.61. The van der Waals surface area contributed by atoms with Gasteiger partial charge in [-0.15, -0.1) is 0 Å². The normalized spacial score (nSPS) is 15.1. The lowest BCUT2D eigenvalue weighted by Crippen LogP contribution is -2.15. The molecule has 1 aliphatic rings. The van der Waals surface area contributed by atoms with Crippen molar-refractivity contribution in [1.82, 2.24) is 9.55 Å². The van der Waals surface area contributed by atoms with Gasteiger partial charge in [-0.05, 0) is 61.2 Å². The van der Waals surface area contributed by atoms with Crippen LogP contribution in [0.1, 0.15) is 41.3 Å². The summed E-state index contributed by atoms with van der Waals surface area (Å²) in [6, 6.07) is 14.0. The van der Waals surface area contributed by atoms with E-state index in [9.17, 15) is 13.2 Å². The maximum absolute atomic E-state index is 14.4. The number of rotatable bonds is 6. The first-order valence-electron chi connectivity index (χ1n) is 11.3. The zero-order valence-corrected chi connectivity index (χ0v) is 21.5. The molecule has 0 saturated heterocycles. The van der Waals surface area contributed by atoms with Gasteiger partial charge in [0.05, 0.1) is 29.2 Å². The highest BCUT2D eigenvalue weighted by atomic mass is 35.5. The Kier molecular flexibility index (Phi) is 7.24. The molecule has 1 heterocycles. The molecule has 0 spiro atoms. The number of fused-ring (bicyclic) bond motifs is 1. The third-order valence-electron chi connectivity index (χ3n) is 6.34. The van der Waals surface area contributed by atoms with E-state index in [1.165, 1.54) is 23.9 Å². The molecule has 0 amide bonds. The number of aromatic nitrogens is 2. The molecule has 0 aliphatic heterocycles. The molecule has 1 unspecified atom stereocenters. The van der Waals surface area contributed by atoms with Crippen LogP contribution in [0, 0.1) is 17.5 Å². The van der Waals surface area contributed by atoms with Crippen molar-refractivity contribution in [3.63, 3.8) is 0 Å². The molecule has 36 heavy (non-hydrogen) atoms. The first-order valence-corrected chi connectivity index (χ1v) is 13.1. The number of halogens is 5. The number of aryl methyl sites for hydroxylation is 1. The van der Waals surface area contributed by atoms with Crippen molar-refractivity contribution in [2.24, 2.45) is 0 Å².